The van der Waals surface area contributed by atoms with Crippen LogP contribution in [0.2, 0.25) is 0 Å². The zero-order chi connectivity index (χ0) is 10.1. The van der Waals surface area contributed by atoms with E-state index in [1.807, 2.05) is 0 Å². The molecule has 80 valence electrons. The summed E-state index contributed by atoms with van der Waals surface area (Å²) >= 11 is 0. The number of carboxylic acids is 1. The Labute approximate surface area is 83.5 Å². The Morgan fingerprint density at radius 2 is 2.00 bits per heavy atom. The summed E-state index contributed by atoms with van der Waals surface area (Å²) in [5, 5.41) is 8.51. The van der Waals surface area contributed by atoms with Gasteiger partial charge in [0.05, 0.1) is 0 Å². The van der Waals surface area contributed by atoms with Crippen molar-refractivity contribution in [2.75, 3.05) is 0 Å². The number of alkyl halides is 1. The van der Waals surface area contributed by atoms with E-state index in [1.54, 1.807) is 0 Å². The second-order valence-electron chi connectivity index (χ2n) is 4.82. The highest BCUT2D eigenvalue weighted by Crippen LogP contribution is 2.46. The van der Waals surface area contributed by atoms with Gasteiger partial charge in [-0.3, -0.25) is 0 Å². The Hall–Kier alpha value is -0.600. The molecule has 3 fully saturated rings. The van der Waals surface area contributed by atoms with Crippen molar-refractivity contribution in [2.24, 2.45) is 17.8 Å². The van der Waals surface area contributed by atoms with Gasteiger partial charge in [0.15, 0.2) is 6.17 Å². The van der Waals surface area contributed by atoms with Crippen LogP contribution in [0.5, 0.6) is 0 Å². The number of fused-ring (bicyclic) bond motifs is 3. The summed E-state index contributed by atoms with van der Waals surface area (Å²) in [6.07, 6.45) is 4.63. The minimum atomic E-state index is -1.64. The molecule has 3 aliphatic rings. The van der Waals surface area contributed by atoms with Crippen LogP contribution in [0.1, 0.15) is 38.5 Å². The maximum absolute atomic E-state index is 13.0. The van der Waals surface area contributed by atoms with Gasteiger partial charge in [-0.2, -0.15) is 0 Å². The minimum Gasteiger partial charge on any atom is -0.479 e. The zero-order valence-electron chi connectivity index (χ0n) is 8.29. The number of halogens is 1. The van der Waals surface area contributed by atoms with Crippen LogP contribution >= 0.6 is 0 Å². The average Bonchev–Trinajstić information content (AvgIpc) is 2.19. The highest BCUT2D eigenvalue weighted by Gasteiger charge is 2.37. The third-order valence-electron chi connectivity index (χ3n) is 3.97. The molecule has 14 heavy (non-hydrogen) atoms. The quantitative estimate of drug-likeness (QED) is 0.760. The maximum atomic E-state index is 13.0. The lowest BCUT2D eigenvalue weighted by Gasteiger charge is -2.42. The van der Waals surface area contributed by atoms with E-state index in [4.69, 9.17) is 5.11 Å². The van der Waals surface area contributed by atoms with Crippen LogP contribution in [-0.4, -0.2) is 17.2 Å². The summed E-state index contributed by atoms with van der Waals surface area (Å²) in [6, 6.07) is 0. The molecule has 2 atom stereocenters. The SMILES string of the molecule is O=C(O)C(F)CC1CC2CCC1CC2. The Morgan fingerprint density at radius 3 is 2.43 bits per heavy atom. The molecule has 0 aromatic heterocycles. The molecule has 2 nitrogen and oxygen atoms in total. The van der Waals surface area contributed by atoms with Crippen molar-refractivity contribution in [2.45, 2.75) is 44.7 Å². The molecule has 3 heteroatoms. The van der Waals surface area contributed by atoms with E-state index in [0.717, 1.165) is 12.3 Å². The van der Waals surface area contributed by atoms with Crippen molar-refractivity contribution < 1.29 is 14.3 Å². The summed E-state index contributed by atoms with van der Waals surface area (Å²) in [4.78, 5) is 10.4. The van der Waals surface area contributed by atoms with E-state index < -0.39 is 12.1 Å². The highest BCUT2D eigenvalue weighted by atomic mass is 19.1. The van der Waals surface area contributed by atoms with E-state index in [2.05, 4.69) is 0 Å². The first kappa shape index (κ1) is 9.94. The van der Waals surface area contributed by atoms with Gasteiger partial charge in [-0.05, 0) is 43.4 Å². The molecule has 0 heterocycles. The van der Waals surface area contributed by atoms with Crippen molar-refractivity contribution in [3.05, 3.63) is 0 Å². The fourth-order valence-electron chi connectivity index (χ4n) is 3.17. The van der Waals surface area contributed by atoms with Crippen LogP contribution in [0.4, 0.5) is 4.39 Å². The summed E-state index contributed by atoms with van der Waals surface area (Å²) in [7, 11) is 0. The van der Waals surface area contributed by atoms with Gasteiger partial charge in [-0.1, -0.05) is 12.8 Å². The zero-order valence-corrected chi connectivity index (χ0v) is 8.29. The van der Waals surface area contributed by atoms with Gasteiger partial charge in [0.25, 0.3) is 0 Å². The van der Waals surface area contributed by atoms with Crippen LogP contribution < -0.4 is 0 Å². The summed E-state index contributed by atoms with van der Waals surface area (Å²) in [6.45, 7) is 0. The first-order valence-electron chi connectivity index (χ1n) is 5.53. The van der Waals surface area contributed by atoms with Crippen LogP contribution in [-0.2, 0) is 4.79 Å². The first-order valence-corrected chi connectivity index (χ1v) is 5.53. The monoisotopic (exact) mass is 200 g/mol. The van der Waals surface area contributed by atoms with Crippen molar-refractivity contribution in [3.8, 4) is 0 Å². The maximum Gasteiger partial charge on any atom is 0.338 e. The number of aliphatic carboxylic acids is 1. The molecule has 0 spiro atoms. The second kappa shape index (κ2) is 3.87. The lowest BCUT2D eigenvalue weighted by atomic mass is 9.63. The van der Waals surface area contributed by atoms with Gasteiger partial charge in [0.1, 0.15) is 0 Å². The standard InChI is InChI=1S/C11H17FO2/c12-10(11(13)14)6-9-5-7-1-3-8(9)4-2-7/h7-10H,1-6H2,(H,13,14). The number of carbonyl (C=O) groups is 1. The summed E-state index contributed by atoms with van der Waals surface area (Å²) < 4.78 is 13.0. The molecule has 3 rings (SSSR count). The molecular weight excluding hydrogens is 183 g/mol. The summed E-state index contributed by atoms with van der Waals surface area (Å²) in [5.74, 6) is 0.420. The molecule has 1 N–H and O–H groups in total. The van der Waals surface area contributed by atoms with Crippen molar-refractivity contribution in [1.82, 2.24) is 0 Å². The van der Waals surface area contributed by atoms with Gasteiger partial charge < -0.3 is 5.11 Å². The molecule has 0 radical (unpaired) electrons. The number of hydrogen-bond acceptors (Lipinski definition) is 1. The molecule has 0 aliphatic heterocycles. The van der Waals surface area contributed by atoms with E-state index in [-0.39, 0.29) is 6.42 Å². The van der Waals surface area contributed by atoms with Crippen molar-refractivity contribution in [3.63, 3.8) is 0 Å². The van der Waals surface area contributed by atoms with Crippen LogP contribution in [0, 0.1) is 17.8 Å². The Morgan fingerprint density at radius 1 is 1.36 bits per heavy atom. The fraction of sp³-hybridized carbons (Fsp3) is 0.909. The number of hydrogen-bond donors (Lipinski definition) is 1. The van der Waals surface area contributed by atoms with E-state index >= 15 is 0 Å². The lowest BCUT2D eigenvalue weighted by molar-refractivity contribution is -0.144. The number of carboxylic acid groups (broad SMARTS) is 1. The largest absolute Gasteiger partial charge is 0.479 e. The average molecular weight is 200 g/mol. The van der Waals surface area contributed by atoms with Crippen molar-refractivity contribution >= 4 is 5.97 Å². The van der Waals surface area contributed by atoms with Crippen molar-refractivity contribution in [1.29, 1.82) is 0 Å². The minimum absolute atomic E-state index is 0.247. The predicted octanol–water partition coefficient (Wildman–Crippen LogP) is 2.63. The third-order valence-corrected chi connectivity index (χ3v) is 3.97. The van der Waals surface area contributed by atoms with E-state index in [1.165, 1.54) is 25.7 Å². The molecule has 2 unspecified atom stereocenters. The normalized spacial score (nSPS) is 38.2. The van der Waals surface area contributed by atoms with Gasteiger partial charge in [-0.25, -0.2) is 9.18 Å². The molecular formula is C11H17FO2. The molecule has 0 saturated heterocycles. The van der Waals surface area contributed by atoms with Crippen LogP contribution in [0.15, 0.2) is 0 Å². The Kier molecular flexibility index (Phi) is 2.75. The number of rotatable bonds is 3. The molecule has 3 aliphatic carbocycles. The summed E-state index contributed by atoms with van der Waals surface area (Å²) in [5.41, 5.74) is 0. The van der Waals surface area contributed by atoms with Gasteiger partial charge in [0.2, 0.25) is 0 Å². The first-order chi connectivity index (χ1) is 6.66. The van der Waals surface area contributed by atoms with Gasteiger partial charge in [0, 0.05) is 0 Å². The Balaban J connectivity index is 1.89. The van der Waals surface area contributed by atoms with E-state index in [0.29, 0.717) is 11.8 Å². The topological polar surface area (TPSA) is 37.3 Å². The van der Waals surface area contributed by atoms with Crippen LogP contribution in [0.25, 0.3) is 0 Å². The van der Waals surface area contributed by atoms with Crippen LogP contribution in [0.3, 0.4) is 0 Å². The van der Waals surface area contributed by atoms with E-state index in [9.17, 15) is 9.18 Å². The molecule has 3 saturated carbocycles. The fourth-order valence-corrected chi connectivity index (χ4v) is 3.17. The molecule has 0 amide bonds. The highest BCUT2D eigenvalue weighted by molar-refractivity contribution is 5.72. The molecule has 2 bridgehead atoms. The van der Waals surface area contributed by atoms with Gasteiger partial charge in [-0.15, -0.1) is 0 Å². The third kappa shape index (κ3) is 1.91. The lowest BCUT2D eigenvalue weighted by Crippen LogP contribution is -2.34. The molecule has 0 aromatic rings. The second-order valence-corrected chi connectivity index (χ2v) is 4.82. The van der Waals surface area contributed by atoms with Gasteiger partial charge >= 0.3 is 5.97 Å². The predicted molar refractivity (Wildman–Crippen MR) is 50.7 cm³/mol. The smallest absolute Gasteiger partial charge is 0.338 e. The molecule has 0 aromatic carbocycles. The Bertz CT molecular complexity index is 221.